The van der Waals surface area contributed by atoms with E-state index in [1.54, 1.807) is 6.08 Å². The minimum atomic E-state index is 0.0269. The van der Waals surface area contributed by atoms with Gasteiger partial charge in [-0.1, -0.05) is 26.3 Å². The summed E-state index contributed by atoms with van der Waals surface area (Å²) in [5, 5.41) is 0. The first kappa shape index (κ1) is 9.50. The second kappa shape index (κ2) is 3.60. The van der Waals surface area contributed by atoms with Crippen LogP contribution in [0.25, 0.3) is 0 Å². The summed E-state index contributed by atoms with van der Waals surface area (Å²) in [6.45, 7) is 5.04. The third-order valence-electron chi connectivity index (χ3n) is 3.07. The van der Waals surface area contributed by atoms with Crippen molar-refractivity contribution >= 4 is 5.78 Å². The maximum Gasteiger partial charge on any atom is 0.166 e. The van der Waals surface area contributed by atoms with Crippen LogP contribution in [0.15, 0.2) is 24.0 Å². The van der Waals surface area contributed by atoms with E-state index in [4.69, 9.17) is 4.74 Å². The highest BCUT2D eigenvalue weighted by atomic mass is 16.5. The lowest BCUT2D eigenvalue weighted by molar-refractivity contribution is -0.119. The zero-order valence-electron chi connectivity index (χ0n) is 8.69. The van der Waals surface area contributed by atoms with Gasteiger partial charge in [0.2, 0.25) is 0 Å². The predicted molar refractivity (Wildman–Crippen MR) is 54.6 cm³/mol. The van der Waals surface area contributed by atoms with Gasteiger partial charge in [0.25, 0.3) is 0 Å². The summed E-state index contributed by atoms with van der Waals surface area (Å²) >= 11 is 0. The third-order valence-corrected chi connectivity index (χ3v) is 3.07. The van der Waals surface area contributed by atoms with Gasteiger partial charge in [0.15, 0.2) is 5.78 Å². The summed E-state index contributed by atoms with van der Waals surface area (Å²) in [4.78, 5) is 11.4. The van der Waals surface area contributed by atoms with E-state index in [1.807, 2.05) is 6.08 Å². The smallest absolute Gasteiger partial charge is 0.166 e. The van der Waals surface area contributed by atoms with Gasteiger partial charge in [-0.15, -0.1) is 0 Å². The van der Waals surface area contributed by atoms with Crippen molar-refractivity contribution in [3.05, 3.63) is 24.0 Å². The van der Waals surface area contributed by atoms with Crippen molar-refractivity contribution in [2.45, 2.75) is 20.3 Å². The fraction of sp³-hybridized carbons (Fsp3) is 0.583. The van der Waals surface area contributed by atoms with Crippen LogP contribution in [0, 0.1) is 17.8 Å². The molecule has 0 fully saturated rings. The summed E-state index contributed by atoms with van der Waals surface area (Å²) in [6.07, 6.45) is 6.80. The van der Waals surface area contributed by atoms with E-state index in [0.717, 1.165) is 18.8 Å². The summed E-state index contributed by atoms with van der Waals surface area (Å²) in [5.41, 5.74) is 0. The van der Waals surface area contributed by atoms with E-state index < -0.39 is 0 Å². The average molecular weight is 192 g/mol. The van der Waals surface area contributed by atoms with Gasteiger partial charge < -0.3 is 4.74 Å². The van der Waals surface area contributed by atoms with Crippen LogP contribution in [0.4, 0.5) is 0 Å². The molecular weight excluding hydrogens is 176 g/mol. The number of allylic oxidation sites excluding steroid dienone is 4. The molecule has 2 rings (SSSR count). The third kappa shape index (κ3) is 1.49. The molecule has 14 heavy (non-hydrogen) atoms. The second-order valence-corrected chi connectivity index (χ2v) is 4.21. The van der Waals surface area contributed by atoms with Gasteiger partial charge in [0, 0.05) is 5.92 Å². The topological polar surface area (TPSA) is 26.3 Å². The predicted octanol–water partition coefficient (Wildman–Crippen LogP) is 2.32. The molecule has 0 amide bonds. The minimum Gasteiger partial charge on any atom is -0.497 e. The molecule has 2 aliphatic rings. The van der Waals surface area contributed by atoms with Gasteiger partial charge in [-0.3, -0.25) is 4.79 Å². The molecule has 0 aliphatic heterocycles. The fourth-order valence-electron chi connectivity index (χ4n) is 1.76. The van der Waals surface area contributed by atoms with Gasteiger partial charge in [-0.25, -0.2) is 0 Å². The Morgan fingerprint density at radius 1 is 1.57 bits per heavy atom. The first-order valence-electron chi connectivity index (χ1n) is 5.29. The Morgan fingerprint density at radius 3 is 3.00 bits per heavy atom. The molecule has 0 N–H and O–H groups in total. The normalized spacial score (nSPS) is 30.7. The summed E-state index contributed by atoms with van der Waals surface area (Å²) in [5.74, 6) is 2.02. The van der Waals surface area contributed by atoms with Gasteiger partial charge in [0.05, 0.1) is 12.5 Å². The van der Waals surface area contributed by atoms with Gasteiger partial charge in [0.1, 0.15) is 5.76 Å². The SMILES string of the molecule is CC[C@H](C)COC1=CC2C=CC(=O)C12. The van der Waals surface area contributed by atoms with Crippen molar-refractivity contribution < 1.29 is 9.53 Å². The van der Waals surface area contributed by atoms with Gasteiger partial charge in [-0.2, -0.15) is 0 Å². The standard InChI is InChI=1S/C12H16O2/c1-3-8(2)7-14-11-6-9-4-5-10(13)12(9)11/h4-6,8-9,12H,3,7H2,1-2H3/t8-,9?,12?/m0/s1. The van der Waals surface area contributed by atoms with Crippen molar-refractivity contribution in [2.75, 3.05) is 6.61 Å². The molecule has 0 radical (unpaired) electrons. The number of rotatable bonds is 4. The lowest BCUT2D eigenvalue weighted by atomic mass is 9.82. The van der Waals surface area contributed by atoms with Gasteiger partial charge in [-0.05, 0) is 18.1 Å². The monoisotopic (exact) mass is 192 g/mol. The Kier molecular flexibility index (Phi) is 2.44. The Morgan fingerprint density at radius 2 is 2.36 bits per heavy atom. The van der Waals surface area contributed by atoms with Crippen molar-refractivity contribution in [1.82, 2.24) is 0 Å². The van der Waals surface area contributed by atoms with E-state index >= 15 is 0 Å². The highest BCUT2D eigenvalue weighted by molar-refractivity contribution is 5.98. The van der Waals surface area contributed by atoms with Crippen LogP contribution < -0.4 is 0 Å². The molecule has 0 spiro atoms. The molecule has 2 unspecified atom stereocenters. The Labute approximate surface area is 84.6 Å². The summed E-state index contributed by atoms with van der Waals surface area (Å²) in [6, 6.07) is 0. The van der Waals surface area contributed by atoms with Crippen molar-refractivity contribution in [2.24, 2.45) is 17.8 Å². The molecule has 0 aromatic heterocycles. The lowest BCUT2D eigenvalue weighted by Gasteiger charge is -2.29. The van der Waals surface area contributed by atoms with E-state index in [-0.39, 0.29) is 11.7 Å². The van der Waals surface area contributed by atoms with Crippen LogP contribution in [0.1, 0.15) is 20.3 Å². The minimum absolute atomic E-state index is 0.0269. The molecule has 0 saturated heterocycles. The van der Waals surface area contributed by atoms with Crippen LogP contribution in [0.2, 0.25) is 0 Å². The highest BCUT2D eigenvalue weighted by Crippen LogP contribution is 2.40. The summed E-state index contributed by atoms with van der Waals surface area (Å²) < 4.78 is 5.62. The van der Waals surface area contributed by atoms with Crippen molar-refractivity contribution in [3.63, 3.8) is 0 Å². The Bertz CT molecular complexity index is 301. The lowest BCUT2D eigenvalue weighted by Crippen LogP contribution is -2.28. The van der Waals surface area contributed by atoms with Crippen molar-refractivity contribution in [3.8, 4) is 0 Å². The zero-order valence-corrected chi connectivity index (χ0v) is 8.69. The van der Waals surface area contributed by atoms with Crippen LogP contribution in [0.3, 0.4) is 0 Å². The number of carbonyl (C=O) groups excluding carboxylic acids is 1. The van der Waals surface area contributed by atoms with Gasteiger partial charge >= 0.3 is 0 Å². The van der Waals surface area contributed by atoms with Crippen LogP contribution >= 0.6 is 0 Å². The summed E-state index contributed by atoms with van der Waals surface area (Å²) in [7, 11) is 0. The largest absolute Gasteiger partial charge is 0.497 e. The molecule has 2 aliphatic carbocycles. The number of carbonyl (C=O) groups is 1. The molecule has 76 valence electrons. The Balaban J connectivity index is 1.85. The molecule has 0 heterocycles. The highest BCUT2D eigenvalue weighted by Gasteiger charge is 2.40. The average Bonchev–Trinajstić information content (AvgIpc) is 2.41. The molecule has 0 saturated carbocycles. The zero-order chi connectivity index (χ0) is 10.1. The molecule has 3 atom stereocenters. The second-order valence-electron chi connectivity index (χ2n) is 4.21. The number of hydrogen-bond acceptors (Lipinski definition) is 2. The molecular formula is C12H16O2. The molecule has 0 aromatic rings. The van der Waals surface area contributed by atoms with E-state index in [2.05, 4.69) is 19.9 Å². The van der Waals surface area contributed by atoms with E-state index in [9.17, 15) is 4.79 Å². The van der Waals surface area contributed by atoms with E-state index in [0.29, 0.717) is 11.8 Å². The number of ether oxygens (including phenoxy) is 1. The van der Waals surface area contributed by atoms with Crippen LogP contribution in [-0.4, -0.2) is 12.4 Å². The first-order chi connectivity index (χ1) is 6.72. The molecule has 0 bridgehead atoms. The van der Waals surface area contributed by atoms with E-state index in [1.165, 1.54) is 0 Å². The number of fused-ring (bicyclic) bond motifs is 1. The maximum atomic E-state index is 11.4. The van der Waals surface area contributed by atoms with Crippen LogP contribution in [0.5, 0.6) is 0 Å². The quantitative estimate of drug-likeness (QED) is 0.683. The number of hydrogen-bond donors (Lipinski definition) is 0. The number of ketones is 1. The van der Waals surface area contributed by atoms with Crippen LogP contribution in [-0.2, 0) is 9.53 Å². The fourth-order valence-corrected chi connectivity index (χ4v) is 1.76. The molecule has 2 nitrogen and oxygen atoms in total. The maximum absolute atomic E-state index is 11.4. The first-order valence-corrected chi connectivity index (χ1v) is 5.29. The molecule has 2 heteroatoms. The Hall–Kier alpha value is -1.05. The molecule has 0 aromatic carbocycles. The van der Waals surface area contributed by atoms with Crippen molar-refractivity contribution in [1.29, 1.82) is 0 Å².